The molecule has 0 saturated carbocycles. The number of pyridine rings is 2. The third-order valence-electron chi connectivity index (χ3n) is 3.59. The van der Waals surface area contributed by atoms with Gasteiger partial charge in [0.1, 0.15) is 0 Å². The molecule has 0 aliphatic carbocycles. The van der Waals surface area contributed by atoms with Gasteiger partial charge in [-0.25, -0.2) is 0 Å². The molecule has 2 rings (SSSR count). The Bertz CT molecular complexity index is 592. The molecule has 0 spiro atoms. The molecule has 7 heteroatoms. The summed E-state index contributed by atoms with van der Waals surface area (Å²) in [5.41, 5.74) is 1.16. The quantitative estimate of drug-likeness (QED) is 0.528. The Hall–Kier alpha value is -2.80. The van der Waals surface area contributed by atoms with Crippen LogP contribution in [0.25, 0.3) is 0 Å². The minimum Gasteiger partial charge on any atom is -0.352 e. The Kier molecular flexibility index (Phi) is 8.07. The number of quaternary nitrogens is 1. The van der Waals surface area contributed by atoms with Gasteiger partial charge in [0.25, 0.3) is 11.8 Å². The summed E-state index contributed by atoms with van der Waals surface area (Å²) in [6.07, 6.45) is 8.19. The number of hydrogen-bond donors (Lipinski definition) is 3. The molecule has 2 aromatic rings. The Labute approximate surface area is 147 Å². The fourth-order valence-corrected chi connectivity index (χ4v) is 2.24. The molecule has 0 fully saturated rings. The molecule has 0 bridgehead atoms. The summed E-state index contributed by atoms with van der Waals surface area (Å²) in [7, 11) is 0. The third-order valence-corrected chi connectivity index (χ3v) is 3.59. The van der Waals surface area contributed by atoms with Crippen LogP contribution >= 0.6 is 0 Å². The lowest BCUT2D eigenvalue weighted by molar-refractivity contribution is -0.654. The van der Waals surface area contributed by atoms with Crippen molar-refractivity contribution in [3.05, 3.63) is 60.2 Å². The van der Waals surface area contributed by atoms with E-state index in [-0.39, 0.29) is 11.8 Å². The van der Waals surface area contributed by atoms with Crippen LogP contribution in [0.15, 0.2) is 49.1 Å². The molecule has 0 aliphatic heterocycles. The monoisotopic (exact) mass is 342 g/mol. The SMILES string of the molecule is O=C(NCCC[NH2+]CCCNC(=O)c1cccnc1)c1cccnc1. The Morgan fingerprint density at radius 3 is 1.72 bits per heavy atom. The number of carbonyl (C=O) groups is 2. The van der Waals surface area contributed by atoms with Crippen molar-refractivity contribution in [2.24, 2.45) is 0 Å². The van der Waals surface area contributed by atoms with E-state index in [0.29, 0.717) is 24.2 Å². The van der Waals surface area contributed by atoms with Crippen molar-refractivity contribution in [3.8, 4) is 0 Å². The van der Waals surface area contributed by atoms with E-state index in [9.17, 15) is 9.59 Å². The molecule has 0 saturated heterocycles. The van der Waals surface area contributed by atoms with E-state index >= 15 is 0 Å². The van der Waals surface area contributed by atoms with E-state index in [1.807, 2.05) is 0 Å². The van der Waals surface area contributed by atoms with Crippen molar-refractivity contribution >= 4 is 11.8 Å². The smallest absolute Gasteiger partial charge is 0.252 e. The lowest BCUT2D eigenvalue weighted by Crippen LogP contribution is -2.84. The second kappa shape index (κ2) is 10.9. The first-order valence-electron chi connectivity index (χ1n) is 8.45. The van der Waals surface area contributed by atoms with E-state index in [1.165, 1.54) is 0 Å². The first kappa shape index (κ1) is 18.5. The van der Waals surface area contributed by atoms with Gasteiger partial charge in [-0.1, -0.05) is 0 Å². The summed E-state index contributed by atoms with van der Waals surface area (Å²) in [5.74, 6) is -0.183. The molecule has 2 heterocycles. The van der Waals surface area contributed by atoms with E-state index < -0.39 is 0 Å². The lowest BCUT2D eigenvalue weighted by atomic mass is 10.2. The zero-order chi connectivity index (χ0) is 17.7. The maximum atomic E-state index is 11.8. The summed E-state index contributed by atoms with van der Waals surface area (Å²) >= 11 is 0. The molecule has 2 aromatic heterocycles. The average Bonchev–Trinajstić information content (AvgIpc) is 2.67. The van der Waals surface area contributed by atoms with E-state index in [4.69, 9.17) is 0 Å². The molecule has 7 nitrogen and oxygen atoms in total. The minimum atomic E-state index is -0.0915. The number of nitrogens with zero attached hydrogens (tertiary/aromatic N) is 2. The van der Waals surface area contributed by atoms with Crippen LogP contribution < -0.4 is 16.0 Å². The van der Waals surface area contributed by atoms with Crippen LogP contribution in [0.5, 0.6) is 0 Å². The molecule has 2 amide bonds. The number of nitrogens with one attached hydrogen (secondary N) is 2. The second-order valence-corrected chi connectivity index (χ2v) is 5.57. The van der Waals surface area contributed by atoms with Gasteiger partial charge >= 0.3 is 0 Å². The fourth-order valence-electron chi connectivity index (χ4n) is 2.24. The maximum Gasteiger partial charge on any atom is 0.252 e. The van der Waals surface area contributed by atoms with Crippen LogP contribution in [0.4, 0.5) is 0 Å². The van der Waals surface area contributed by atoms with Gasteiger partial charge in [0, 0.05) is 50.7 Å². The fraction of sp³-hybridized carbons (Fsp3) is 0.333. The van der Waals surface area contributed by atoms with Crippen molar-refractivity contribution in [2.75, 3.05) is 26.2 Å². The average molecular weight is 342 g/mol. The molecule has 0 atom stereocenters. The van der Waals surface area contributed by atoms with Crippen molar-refractivity contribution in [3.63, 3.8) is 0 Å². The van der Waals surface area contributed by atoms with Gasteiger partial charge in [-0.3, -0.25) is 19.6 Å². The number of carbonyl (C=O) groups excluding carboxylic acids is 2. The highest BCUT2D eigenvalue weighted by atomic mass is 16.2. The molecule has 4 N–H and O–H groups in total. The van der Waals surface area contributed by atoms with E-state index in [2.05, 4.69) is 25.9 Å². The van der Waals surface area contributed by atoms with Crippen molar-refractivity contribution in [1.29, 1.82) is 0 Å². The van der Waals surface area contributed by atoms with Crippen LogP contribution in [0.1, 0.15) is 33.6 Å². The number of rotatable bonds is 10. The van der Waals surface area contributed by atoms with Crippen LogP contribution in [-0.4, -0.2) is 48.0 Å². The Morgan fingerprint density at radius 1 is 0.840 bits per heavy atom. The highest BCUT2D eigenvalue weighted by Gasteiger charge is 2.05. The topological polar surface area (TPSA) is 101 Å². The molecule has 25 heavy (non-hydrogen) atoms. The second-order valence-electron chi connectivity index (χ2n) is 5.57. The minimum absolute atomic E-state index is 0.0915. The highest BCUT2D eigenvalue weighted by molar-refractivity contribution is 5.94. The van der Waals surface area contributed by atoms with Crippen molar-refractivity contribution in [2.45, 2.75) is 12.8 Å². The van der Waals surface area contributed by atoms with Crippen LogP contribution in [0, 0.1) is 0 Å². The number of amides is 2. The molecular formula is C18H24N5O2+. The molecule has 0 aliphatic rings. The first-order chi connectivity index (χ1) is 12.3. The summed E-state index contributed by atoms with van der Waals surface area (Å²) < 4.78 is 0. The zero-order valence-corrected chi connectivity index (χ0v) is 14.1. The summed E-state index contributed by atoms with van der Waals surface area (Å²) in [4.78, 5) is 31.4. The first-order valence-corrected chi connectivity index (χ1v) is 8.45. The Balaban J connectivity index is 1.45. The van der Waals surface area contributed by atoms with Gasteiger partial charge in [-0.15, -0.1) is 0 Å². The summed E-state index contributed by atoms with van der Waals surface area (Å²) in [5, 5.41) is 7.93. The van der Waals surface area contributed by atoms with Crippen LogP contribution in [0.3, 0.4) is 0 Å². The standard InChI is InChI=1S/C18H23N5O2/c24-17(15-5-1-7-20-13-15)22-11-3-9-19-10-4-12-23-18(25)16-6-2-8-21-14-16/h1-2,5-8,13-14,19H,3-4,9-12H2,(H,22,24)(H,23,25)/p+1. The lowest BCUT2D eigenvalue weighted by Gasteiger charge is -2.06. The predicted molar refractivity (Wildman–Crippen MR) is 94.0 cm³/mol. The summed E-state index contributed by atoms with van der Waals surface area (Å²) in [6.45, 7) is 3.15. The predicted octanol–water partition coefficient (Wildman–Crippen LogP) is -0.0200. The molecule has 0 unspecified atom stereocenters. The molecule has 0 radical (unpaired) electrons. The van der Waals surface area contributed by atoms with Gasteiger partial charge in [0.15, 0.2) is 0 Å². The maximum absolute atomic E-state index is 11.8. The van der Waals surface area contributed by atoms with Gasteiger partial charge in [-0.2, -0.15) is 0 Å². The number of hydrogen-bond acceptors (Lipinski definition) is 4. The largest absolute Gasteiger partial charge is 0.352 e. The van der Waals surface area contributed by atoms with E-state index in [1.54, 1.807) is 49.1 Å². The number of nitrogens with two attached hydrogens (primary N) is 1. The summed E-state index contributed by atoms with van der Waals surface area (Å²) in [6, 6.07) is 6.98. The molecular weight excluding hydrogens is 318 g/mol. The van der Waals surface area contributed by atoms with E-state index in [0.717, 1.165) is 25.9 Å². The molecule has 132 valence electrons. The van der Waals surface area contributed by atoms with Crippen LogP contribution in [0.2, 0.25) is 0 Å². The van der Waals surface area contributed by atoms with Gasteiger partial charge in [0.2, 0.25) is 0 Å². The van der Waals surface area contributed by atoms with Crippen molar-refractivity contribution < 1.29 is 14.9 Å². The number of aromatic nitrogens is 2. The van der Waals surface area contributed by atoms with Crippen molar-refractivity contribution in [1.82, 2.24) is 20.6 Å². The zero-order valence-electron chi connectivity index (χ0n) is 14.1. The Morgan fingerprint density at radius 2 is 1.32 bits per heavy atom. The van der Waals surface area contributed by atoms with Gasteiger partial charge in [0.05, 0.1) is 24.2 Å². The van der Waals surface area contributed by atoms with Crippen LogP contribution in [-0.2, 0) is 0 Å². The normalized spacial score (nSPS) is 10.2. The highest BCUT2D eigenvalue weighted by Crippen LogP contribution is 1.95. The molecule has 0 aromatic carbocycles. The van der Waals surface area contributed by atoms with Gasteiger partial charge < -0.3 is 16.0 Å². The third kappa shape index (κ3) is 7.09. The van der Waals surface area contributed by atoms with Gasteiger partial charge in [-0.05, 0) is 24.3 Å².